The van der Waals surface area contributed by atoms with E-state index < -0.39 is 6.16 Å². The van der Waals surface area contributed by atoms with Crippen LogP contribution in [0.15, 0.2) is 48.5 Å². The number of hydrogen-bond acceptors (Lipinski definition) is 4. The van der Waals surface area contributed by atoms with Crippen LogP contribution >= 0.6 is 0 Å². The Morgan fingerprint density at radius 3 is 2.58 bits per heavy atom. The minimum atomic E-state index is -0.722. The van der Waals surface area contributed by atoms with Gasteiger partial charge in [-0.05, 0) is 30.7 Å². The van der Waals surface area contributed by atoms with Gasteiger partial charge in [-0.1, -0.05) is 30.3 Å². The molecule has 3 aromatic rings. The van der Waals surface area contributed by atoms with Crippen LogP contribution in [0.25, 0.3) is 10.9 Å². The summed E-state index contributed by atoms with van der Waals surface area (Å²) in [6.45, 7) is 2.08. The van der Waals surface area contributed by atoms with Crippen LogP contribution in [0.1, 0.15) is 11.1 Å². The van der Waals surface area contributed by atoms with Gasteiger partial charge >= 0.3 is 6.16 Å². The van der Waals surface area contributed by atoms with Crippen molar-refractivity contribution in [3.05, 3.63) is 59.7 Å². The number of fused-ring (bicyclic) bond motifs is 1. The Kier molecular flexibility index (Phi) is 4.42. The zero-order valence-electron chi connectivity index (χ0n) is 13.9. The molecule has 0 spiro atoms. The summed E-state index contributed by atoms with van der Waals surface area (Å²) >= 11 is 0. The van der Waals surface area contributed by atoms with Crippen LogP contribution in [0.2, 0.25) is 0 Å². The summed E-state index contributed by atoms with van der Waals surface area (Å²) < 4.78 is 17.7. The molecule has 0 fully saturated rings. The number of ether oxygens (including phenoxy) is 3. The summed E-state index contributed by atoms with van der Waals surface area (Å²) in [4.78, 5) is 12.0. The number of rotatable bonds is 4. The van der Waals surface area contributed by atoms with Crippen molar-refractivity contribution in [3.8, 4) is 11.6 Å². The fraction of sp³-hybridized carbons (Fsp3) is 0.211. The molecule has 3 rings (SSSR count). The largest absolute Gasteiger partial charge is 0.515 e. The SMILES string of the molecule is COc1ccc2c(c1)c(C)c(OC(=O)OCc1ccccc1)n2C. The number of aromatic nitrogens is 1. The topological polar surface area (TPSA) is 49.7 Å². The van der Waals surface area contributed by atoms with E-state index in [1.165, 1.54) is 0 Å². The average molecular weight is 325 g/mol. The Balaban J connectivity index is 1.78. The predicted molar refractivity (Wildman–Crippen MR) is 91.5 cm³/mol. The summed E-state index contributed by atoms with van der Waals surface area (Å²) in [5.74, 6) is 1.23. The molecule has 1 aromatic heterocycles. The third kappa shape index (κ3) is 3.06. The summed E-state index contributed by atoms with van der Waals surface area (Å²) in [6, 6.07) is 15.2. The third-order valence-corrected chi connectivity index (χ3v) is 3.97. The van der Waals surface area contributed by atoms with Crippen molar-refractivity contribution in [1.82, 2.24) is 4.57 Å². The first-order valence-corrected chi connectivity index (χ1v) is 7.61. The Morgan fingerprint density at radius 1 is 1.12 bits per heavy atom. The van der Waals surface area contributed by atoms with Gasteiger partial charge in [0.25, 0.3) is 0 Å². The lowest BCUT2D eigenvalue weighted by molar-refractivity contribution is 0.0900. The van der Waals surface area contributed by atoms with E-state index in [2.05, 4.69) is 0 Å². The first kappa shape index (κ1) is 15.9. The summed E-state index contributed by atoms with van der Waals surface area (Å²) in [5, 5.41) is 0.975. The van der Waals surface area contributed by atoms with E-state index in [0.29, 0.717) is 5.88 Å². The summed E-state index contributed by atoms with van der Waals surface area (Å²) in [5.41, 5.74) is 2.73. The Bertz CT molecular complexity index is 868. The van der Waals surface area contributed by atoms with Gasteiger partial charge in [0.05, 0.1) is 12.6 Å². The lowest BCUT2D eigenvalue weighted by atomic mass is 10.2. The van der Waals surface area contributed by atoms with E-state index in [9.17, 15) is 4.79 Å². The second-order valence-corrected chi connectivity index (χ2v) is 5.50. The molecule has 0 saturated carbocycles. The second kappa shape index (κ2) is 6.66. The second-order valence-electron chi connectivity index (χ2n) is 5.50. The third-order valence-electron chi connectivity index (χ3n) is 3.97. The van der Waals surface area contributed by atoms with Crippen LogP contribution in [0.4, 0.5) is 4.79 Å². The van der Waals surface area contributed by atoms with Crippen molar-refractivity contribution in [2.24, 2.45) is 7.05 Å². The maximum atomic E-state index is 12.0. The molecule has 0 aliphatic heterocycles. The highest BCUT2D eigenvalue weighted by atomic mass is 16.7. The normalized spacial score (nSPS) is 10.6. The fourth-order valence-corrected chi connectivity index (χ4v) is 2.68. The van der Waals surface area contributed by atoms with E-state index in [1.807, 2.05) is 67.1 Å². The molecule has 0 aliphatic rings. The summed E-state index contributed by atoms with van der Waals surface area (Å²) in [7, 11) is 3.47. The summed E-state index contributed by atoms with van der Waals surface area (Å²) in [6.07, 6.45) is -0.722. The molecule has 0 N–H and O–H groups in total. The van der Waals surface area contributed by atoms with Crippen LogP contribution < -0.4 is 9.47 Å². The minimum absolute atomic E-state index is 0.177. The van der Waals surface area contributed by atoms with Crippen LogP contribution in [0.5, 0.6) is 11.6 Å². The molecule has 5 nitrogen and oxygen atoms in total. The average Bonchev–Trinajstić information content (AvgIpc) is 2.85. The first-order chi connectivity index (χ1) is 11.6. The smallest absolute Gasteiger partial charge is 0.497 e. The molecule has 0 unspecified atom stereocenters. The molecule has 24 heavy (non-hydrogen) atoms. The highest BCUT2D eigenvalue weighted by molar-refractivity contribution is 5.88. The van der Waals surface area contributed by atoms with Crippen molar-refractivity contribution in [1.29, 1.82) is 0 Å². The number of nitrogens with zero attached hydrogens (tertiary/aromatic N) is 1. The maximum absolute atomic E-state index is 12.0. The van der Waals surface area contributed by atoms with Crippen molar-refractivity contribution in [3.63, 3.8) is 0 Å². The van der Waals surface area contributed by atoms with Gasteiger partial charge in [-0.2, -0.15) is 0 Å². The molecule has 124 valence electrons. The van der Waals surface area contributed by atoms with Gasteiger partial charge in [0.2, 0.25) is 5.88 Å². The van der Waals surface area contributed by atoms with E-state index >= 15 is 0 Å². The molecule has 0 saturated heterocycles. The number of benzene rings is 2. The molecular formula is C19H19NO4. The van der Waals surface area contributed by atoms with Crippen LogP contribution in [0, 0.1) is 6.92 Å². The maximum Gasteiger partial charge on any atom is 0.515 e. The van der Waals surface area contributed by atoms with Crippen molar-refractivity contribution >= 4 is 17.1 Å². The van der Waals surface area contributed by atoms with Crippen LogP contribution in [-0.2, 0) is 18.4 Å². The van der Waals surface area contributed by atoms with Gasteiger partial charge in [0.15, 0.2) is 0 Å². The van der Waals surface area contributed by atoms with Gasteiger partial charge in [0, 0.05) is 18.0 Å². The lowest BCUT2D eigenvalue weighted by Crippen LogP contribution is -2.12. The van der Waals surface area contributed by atoms with E-state index in [1.54, 1.807) is 7.11 Å². The fourth-order valence-electron chi connectivity index (χ4n) is 2.68. The van der Waals surface area contributed by atoms with Gasteiger partial charge in [-0.3, -0.25) is 0 Å². The Labute approximate surface area is 140 Å². The molecular weight excluding hydrogens is 306 g/mol. The van der Waals surface area contributed by atoms with Crippen molar-refractivity contribution in [2.75, 3.05) is 7.11 Å². The number of methoxy groups -OCH3 is 1. The number of hydrogen-bond donors (Lipinski definition) is 0. The van der Waals surface area contributed by atoms with Gasteiger partial charge in [-0.15, -0.1) is 0 Å². The molecule has 0 atom stereocenters. The molecule has 1 heterocycles. The zero-order valence-corrected chi connectivity index (χ0v) is 13.9. The Morgan fingerprint density at radius 2 is 1.88 bits per heavy atom. The highest BCUT2D eigenvalue weighted by Gasteiger charge is 2.17. The Hall–Kier alpha value is -2.95. The number of carbonyl (C=O) groups excluding carboxylic acids is 1. The monoisotopic (exact) mass is 325 g/mol. The molecule has 0 radical (unpaired) electrons. The highest BCUT2D eigenvalue weighted by Crippen LogP contribution is 2.33. The standard InChI is InChI=1S/C19H19NO4/c1-13-16-11-15(22-3)9-10-17(16)20(2)18(13)24-19(21)23-12-14-7-5-4-6-8-14/h4-11H,12H2,1-3H3. The van der Waals surface area contributed by atoms with Gasteiger partial charge in [-0.25, -0.2) is 4.79 Å². The van der Waals surface area contributed by atoms with Crippen LogP contribution in [0.3, 0.4) is 0 Å². The number of aryl methyl sites for hydroxylation is 2. The van der Waals surface area contributed by atoms with Crippen molar-refractivity contribution < 1.29 is 19.0 Å². The van der Waals surface area contributed by atoms with E-state index in [0.717, 1.165) is 27.8 Å². The zero-order chi connectivity index (χ0) is 17.1. The number of carbonyl (C=O) groups is 1. The predicted octanol–water partition coefficient (Wildman–Crippen LogP) is 4.21. The van der Waals surface area contributed by atoms with Gasteiger partial charge in [0.1, 0.15) is 12.4 Å². The van der Waals surface area contributed by atoms with Crippen LogP contribution in [-0.4, -0.2) is 17.8 Å². The molecule has 2 aromatic carbocycles. The first-order valence-electron chi connectivity index (χ1n) is 7.61. The van der Waals surface area contributed by atoms with Gasteiger partial charge < -0.3 is 18.8 Å². The van der Waals surface area contributed by atoms with E-state index in [4.69, 9.17) is 14.2 Å². The molecule has 0 aliphatic carbocycles. The minimum Gasteiger partial charge on any atom is -0.497 e. The lowest BCUT2D eigenvalue weighted by Gasteiger charge is -2.08. The molecule has 0 bridgehead atoms. The van der Waals surface area contributed by atoms with Crippen molar-refractivity contribution in [2.45, 2.75) is 13.5 Å². The van der Waals surface area contributed by atoms with E-state index in [-0.39, 0.29) is 6.61 Å². The quantitative estimate of drug-likeness (QED) is 0.674. The molecule has 5 heteroatoms. The molecule has 0 amide bonds.